The van der Waals surface area contributed by atoms with Crippen molar-refractivity contribution in [2.45, 2.75) is 47.1 Å². The summed E-state index contributed by atoms with van der Waals surface area (Å²) in [4.78, 5) is 14.4. The summed E-state index contributed by atoms with van der Waals surface area (Å²) in [5, 5.41) is 3.02. The molecule has 1 N–H and O–H groups in total. The van der Waals surface area contributed by atoms with Crippen molar-refractivity contribution < 1.29 is 9.18 Å². The molecule has 21 heavy (non-hydrogen) atoms. The first-order valence-corrected chi connectivity index (χ1v) is 7.49. The molecule has 0 heterocycles. The molecule has 0 aliphatic carbocycles. The fourth-order valence-corrected chi connectivity index (χ4v) is 2.08. The van der Waals surface area contributed by atoms with E-state index in [-0.39, 0.29) is 23.2 Å². The summed E-state index contributed by atoms with van der Waals surface area (Å²) in [5.41, 5.74) is 0.661. The van der Waals surface area contributed by atoms with Crippen LogP contribution in [-0.4, -0.2) is 30.4 Å². The van der Waals surface area contributed by atoms with Crippen LogP contribution in [0.15, 0.2) is 18.2 Å². The van der Waals surface area contributed by atoms with E-state index in [4.69, 9.17) is 0 Å². The van der Waals surface area contributed by atoms with Crippen LogP contribution in [0.25, 0.3) is 0 Å². The maximum atomic E-state index is 14.0. The van der Waals surface area contributed by atoms with Gasteiger partial charge in [-0.15, -0.1) is 0 Å². The number of amides is 1. The number of carbonyl (C=O) groups excluding carboxylic acids is 1. The van der Waals surface area contributed by atoms with Crippen LogP contribution in [-0.2, 0) is 0 Å². The molecule has 1 atom stereocenters. The number of nitrogens with zero attached hydrogens (tertiary/aromatic N) is 1. The number of benzene rings is 1. The van der Waals surface area contributed by atoms with Crippen molar-refractivity contribution in [2.75, 3.05) is 18.9 Å². The van der Waals surface area contributed by atoms with E-state index >= 15 is 0 Å². The fourth-order valence-electron chi connectivity index (χ4n) is 2.08. The molecule has 118 valence electrons. The highest BCUT2D eigenvalue weighted by Gasteiger charge is 2.29. The van der Waals surface area contributed by atoms with Crippen LogP contribution in [0.5, 0.6) is 0 Å². The Morgan fingerprint density at radius 3 is 2.52 bits per heavy atom. The minimum Gasteiger partial charge on any atom is -0.382 e. The highest BCUT2D eigenvalue weighted by molar-refractivity contribution is 5.99. The molecule has 0 saturated carbocycles. The minimum absolute atomic E-state index is 0.0330. The Kier molecular flexibility index (Phi) is 5.76. The summed E-state index contributed by atoms with van der Waals surface area (Å²) in [5.74, 6) is -0.540. The van der Waals surface area contributed by atoms with Crippen LogP contribution in [0.2, 0.25) is 0 Å². The summed E-state index contributed by atoms with van der Waals surface area (Å²) in [6, 6.07) is 4.68. The molecule has 1 unspecified atom stereocenters. The van der Waals surface area contributed by atoms with E-state index in [0.717, 1.165) is 6.42 Å². The SMILES string of the molecule is CCCNc1c(F)cccc1C(=O)N(C)C(C)C(C)(C)C. The average Bonchev–Trinajstić information content (AvgIpc) is 2.42. The van der Waals surface area contributed by atoms with Gasteiger partial charge in [-0.3, -0.25) is 4.79 Å². The second-order valence-corrected chi connectivity index (χ2v) is 6.55. The Hall–Kier alpha value is -1.58. The molecule has 0 aliphatic rings. The second kappa shape index (κ2) is 6.92. The third kappa shape index (κ3) is 4.19. The first-order chi connectivity index (χ1) is 9.70. The lowest BCUT2D eigenvalue weighted by atomic mass is 9.87. The number of nitrogens with one attached hydrogen (secondary N) is 1. The molecule has 0 saturated heterocycles. The molecule has 1 rings (SSSR count). The molecular weight excluding hydrogens is 267 g/mol. The summed E-state index contributed by atoms with van der Waals surface area (Å²) < 4.78 is 14.0. The Bertz CT molecular complexity index is 494. The first kappa shape index (κ1) is 17.5. The van der Waals surface area contributed by atoms with E-state index in [9.17, 15) is 9.18 Å². The maximum absolute atomic E-state index is 14.0. The molecule has 1 aromatic rings. The van der Waals surface area contributed by atoms with Crippen LogP contribution in [0.4, 0.5) is 10.1 Å². The number of para-hydroxylation sites is 1. The second-order valence-electron chi connectivity index (χ2n) is 6.55. The zero-order valence-corrected chi connectivity index (χ0v) is 14.0. The third-order valence-electron chi connectivity index (χ3n) is 3.95. The number of hydrogen-bond donors (Lipinski definition) is 1. The highest BCUT2D eigenvalue weighted by Crippen LogP contribution is 2.27. The Morgan fingerprint density at radius 2 is 2.00 bits per heavy atom. The smallest absolute Gasteiger partial charge is 0.256 e. The number of rotatable bonds is 5. The molecule has 1 aromatic carbocycles. The van der Waals surface area contributed by atoms with Crippen molar-refractivity contribution in [3.05, 3.63) is 29.6 Å². The summed E-state index contributed by atoms with van der Waals surface area (Å²) in [6.45, 7) is 10.9. The van der Waals surface area contributed by atoms with Crippen LogP contribution in [0.1, 0.15) is 51.4 Å². The van der Waals surface area contributed by atoms with Gasteiger partial charge in [0.1, 0.15) is 5.82 Å². The van der Waals surface area contributed by atoms with Crippen molar-refractivity contribution in [1.29, 1.82) is 0 Å². The van der Waals surface area contributed by atoms with Gasteiger partial charge in [-0.1, -0.05) is 33.8 Å². The third-order valence-corrected chi connectivity index (χ3v) is 3.95. The van der Waals surface area contributed by atoms with Gasteiger partial charge >= 0.3 is 0 Å². The van der Waals surface area contributed by atoms with Gasteiger partial charge in [-0.05, 0) is 30.9 Å². The standard InChI is InChI=1S/C17H27FN2O/c1-7-11-19-15-13(9-8-10-14(15)18)16(21)20(6)12(2)17(3,4)5/h8-10,12,19H,7,11H2,1-6H3. The molecule has 0 fully saturated rings. The zero-order chi connectivity index (χ0) is 16.2. The van der Waals surface area contributed by atoms with Crippen LogP contribution < -0.4 is 5.32 Å². The van der Waals surface area contributed by atoms with Gasteiger partial charge in [-0.2, -0.15) is 0 Å². The van der Waals surface area contributed by atoms with E-state index in [1.54, 1.807) is 24.1 Å². The van der Waals surface area contributed by atoms with Crippen molar-refractivity contribution in [1.82, 2.24) is 4.90 Å². The molecule has 0 spiro atoms. The maximum Gasteiger partial charge on any atom is 0.256 e. The van der Waals surface area contributed by atoms with Gasteiger partial charge in [0, 0.05) is 19.6 Å². The summed E-state index contributed by atoms with van der Waals surface area (Å²) >= 11 is 0. The minimum atomic E-state index is -0.383. The number of carbonyl (C=O) groups is 1. The molecule has 1 amide bonds. The van der Waals surface area contributed by atoms with E-state index in [1.807, 2.05) is 13.8 Å². The Labute approximate surface area is 127 Å². The van der Waals surface area contributed by atoms with E-state index in [1.165, 1.54) is 6.07 Å². The van der Waals surface area contributed by atoms with Crippen molar-refractivity contribution >= 4 is 11.6 Å². The van der Waals surface area contributed by atoms with E-state index in [0.29, 0.717) is 17.8 Å². The topological polar surface area (TPSA) is 32.3 Å². The van der Waals surface area contributed by atoms with Gasteiger partial charge < -0.3 is 10.2 Å². The predicted molar refractivity (Wildman–Crippen MR) is 86.2 cm³/mol. The Morgan fingerprint density at radius 1 is 1.38 bits per heavy atom. The molecule has 0 radical (unpaired) electrons. The number of halogens is 1. The molecule has 0 aliphatic heterocycles. The lowest BCUT2D eigenvalue weighted by molar-refractivity contribution is 0.0630. The van der Waals surface area contributed by atoms with Gasteiger partial charge in [0.2, 0.25) is 0 Å². The van der Waals surface area contributed by atoms with Crippen molar-refractivity contribution in [3.63, 3.8) is 0 Å². The largest absolute Gasteiger partial charge is 0.382 e. The molecular formula is C17H27FN2O. The average molecular weight is 294 g/mol. The monoisotopic (exact) mass is 294 g/mol. The molecule has 4 heteroatoms. The molecule has 0 aromatic heterocycles. The van der Waals surface area contributed by atoms with Crippen molar-refractivity contribution in [2.24, 2.45) is 5.41 Å². The molecule has 3 nitrogen and oxygen atoms in total. The van der Waals surface area contributed by atoms with Crippen molar-refractivity contribution in [3.8, 4) is 0 Å². The highest BCUT2D eigenvalue weighted by atomic mass is 19.1. The van der Waals surface area contributed by atoms with Gasteiger partial charge in [0.15, 0.2) is 0 Å². The fraction of sp³-hybridized carbons (Fsp3) is 0.588. The lowest BCUT2D eigenvalue weighted by Crippen LogP contribution is -2.43. The number of hydrogen-bond acceptors (Lipinski definition) is 2. The van der Waals surface area contributed by atoms with E-state index < -0.39 is 0 Å². The summed E-state index contributed by atoms with van der Waals surface area (Å²) in [7, 11) is 1.77. The lowest BCUT2D eigenvalue weighted by Gasteiger charge is -2.35. The molecule has 0 bridgehead atoms. The normalized spacial score (nSPS) is 12.9. The number of anilines is 1. The summed E-state index contributed by atoms with van der Waals surface area (Å²) in [6.07, 6.45) is 0.871. The van der Waals surface area contributed by atoms with Gasteiger partial charge in [0.25, 0.3) is 5.91 Å². The van der Waals surface area contributed by atoms with Crippen LogP contribution >= 0.6 is 0 Å². The zero-order valence-electron chi connectivity index (χ0n) is 14.0. The quantitative estimate of drug-likeness (QED) is 0.884. The van der Waals surface area contributed by atoms with Crippen LogP contribution in [0.3, 0.4) is 0 Å². The van der Waals surface area contributed by atoms with E-state index in [2.05, 4.69) is 26.1 Å². The van der Waals surface area contributed by atoms with Crippen LogP contribution in [0, 0.1) is 11.2 Å². The predicted octanol–water partition coefficient (Wildman–Crippen LogP) is 4.15. The van der Waals surface area contributed by atoms with Gasteiger partial charge in [0.05, 0.1) is 11.3 Å². The van der Waals surface area contributed by atoms with Gasteiger partial charge in [-0.25, -0.2) is 4.39 Å². The first-order valence-electron chi connectivity index (χ1n) is 7.49. The Balaban J connectivity index is 3.09.